The number of halogens is 1. The highest BCUT2D eigenvalue weighted by atomic mass is 35.5. The van der Waals surface area contributed by atoms with Gasteiger partial charge in [-0.05, 0) is 37.1 Å². The van der Waals surface area contributed by atoms with Crippen LogP contribution < -0.4 is 4.74 Å². The SMILES string of the molecule is Cc1cc(OCc2nn[nH]n2)cc(C)c1Cl. The van der Waals surface area contributed by atoms with E-state index in [1.54, 1.807) is 0 Å². The number of nitrogens with zero attached hydrogens (tertiary/aromatic N) is 3. The van der Waals surface area contributed by atoms with E-state index in [9.17, 15) is 0 Å². The molecule has 84 valence electrons. The smallest absolute Gasteiger partial charge is 0.211 e. The fraction of sp³-hybridized carbons (Fsp3) is 0.300. The van der Waals surface area contributed by atoms with Crippen molar-refractivity contribution in [1.29, 1.82) is 0 Å². The molecule has 1 aromatic heterocycles. The first-order valence-electron chi connectivity index (χ1n) is 4.78. The second-order valence-corrected chi connectivity index (χ2v) is 3.87. The summed E-state index contributed by atoms with van der Waals surface area (Å²) in [6, 6.07) is 3.77. The first-order valence-corrected chi connectivity index (χ1v) is 5.16. The van der Waals surface area contributed by atoms with Gasteiger partial charge in [-0.1, -0.05) is 16.8 Å². The number of aromatic amines is 1. The van der Waals surface area contributed by atoms with E-state index in [4.69, 9.17) is 16.3 Å². The Morgan fingerprint density at radius 2 is 2.00 bits per heavy atom. The van der Waals surface area contributed by atoms with E-state index in [-0.39, 0.29) is 6.61 Å². The fourth-order valence-electron chi connectivity index (χ4n) is 1.38. The molecule has 0 fully saturated rings. The minimum atomic E-state index is 0.289. The van der Waals surface area contributed by atoms with Crippen molar-refractivity contribution in [3.05, 3.63) is 34.1 Å². The minimum absolute atomic E-state index is 0.289. The zero-order chi connectivity index (χ0) is 11.5. The summed E-state index contributed by atoms with van der Waals surface area (Å²) in [6.07, 6.45) is 0. The molecule has 5 nitrogen and oxygen atoms in total. The number of aryl methyl sites for hydroxylation is 2. The average Bonchev–Trinajstić information content (AvgIpc) is 2.75. The standard InChI is InChI=1S/C10H11ClN4O/c1-6-3-8(4-7(2)10(6)11)16-5-9-12-14-15-13-9/h3-4H,5H2,1-2H3,(H,12,13,14,15). The van der Waals surface area contributed by atoms with Crippen molar-refractivity contribution >= 4 is 11.6 Å². The second kappa shape index (κ2) is 4.49. The van der Waals surface area contributed by atoms with Gasteiger partial charge in [0.15, 0.2) is 6.61 Å². The molecular formula is C10H11ClN4O. The second-order valence-electron chi connectivity index (χ2n) is 3.49. The van der Waals surface area contributed by atoms with Gasteiger partial charge in [-0.25, -0.2) is 0 Å². The Kier molecular flexibility index (Phi) is 3.05. The van der Waals surface area contributed by atoms with E-state index in [0.29, 0.717) is 5.82 Å². The average molecular weight is 239 g/mol. The van der Waals surface area contributed by atoms with Crippen LogP contribution in [-0.4, -0.2) is 20.6 Å². The van der Waals surface area contributed by atoms with Crippen LogP contribution in [0.4, 0.5) is 0 Å². The maximum absolute atomic E-state index is 6.05. The summed E-state index contributed by atoms with van der Waals surface area (Å²) < 4.78 is 5.52. The van der Waals surface area contributed by atoms with Crippen LogP contribution in [0.1, 0.15) is 17.0 Å². The molecule has 2 rings (SSSR count). The van der Waals surface area contributed by atoms with Crippen LogP contribution in [0.3, 0.4) is 0 Å². The van der Waals surface area contributed by atoms with Gasteiger partial charge in [0.2, 0.25) is 5.82 Å². The zero-order valence-electron chi connectivity index (χ0n) is 8.99. The number of H-pyrrole nitrogens is 1. The van der Waals surface area contributed by atoms with Gasteiger partial charge in [0.05, 0.1) is 0 Å². The predicted octanol–water partition coefficient (Wildman–Crippen LogP) is 2.05. The molecule has 1 N–H and O–H groups in total. The number of hydrogen-bond donors (Lipinski definition) is 1. The first-order chi connectivity index (χ1) is 7.66. The van der Waals surface area contributed by atoms with Crippen molar-refractivity contribution in [2.45, 2.75) is 20.5 Å². The molecule has 0 saturated carbocycles. The van der Waals surface area contributed by atoms with Gasteiger partial charge < -0.3 is 4.74 Å². The molecule has 2 aromatic rings. The Hall–Kier alpha value is -1.62. The molecule has 0 unspecified atom stereocenters. The Labute approximate surface area is 97.8 Å². The molecule has 0 radical (unpaired) electrons. The lowest BCUT2D eigenvalue weighted by molar-refractivity contribution is 0.295. The largest absolute Gasteiger partial charge is 0.485 e. The van der Waals surface area contributed by atoms with E-state index in [1.165, 1.54) is 0 Å². The highest BCUT2D eigenvalue weighted by Crippen LogP contribution is 2.26. The van der Waals surface area contributed by atoms with Gasteiger partial charge >= 0.3 is 0 Å². The number of rotatable bonds is 3. The summed E-state index contributed by atoms with van der Waals surface area (Å²) in [5.74, 6) is 1.27. The quantitative estimate of drug-likeness (QED) is 0.889. The van der Waals surface area contributed by atoms with Crippen molar-refractivity contribution in [2.24, 2.45) is 0 Å². The molecule has 0 aliphatic carbocycles. The normalized spacial score (nSPS) is 10.4. The van der Waals surface area contributed by atoms with E-state index in [1.807, 2.05) is 26.0 Å². The Morgan fingerprint density at radius 1 is 1.31 bits per heavy atom. The van der Waals surface area contributed by atoms with E-state index < -0.39 is 0 Å². The van der Waals surface area contributed by atoms with Gasteiger partial charge in [0, 0.05) is 5.02 Å². The summed E-state index contributed by atoms with van der Waals surface area (Å²) in [6.45, 7) is 4.17. The van der Waals surface area contributed by atoms with Crippen LogP contribution in [0.15, 0.2) is 12.1 Å². The third-order valence-corrected chi connectivity index (χ3v) is 2.76. The molecule has 1 aromatic carbocycles. The van der Waals surface area contributed by atoms with E-state index >= 15 is 0 Å². The van der Waals surface area contributed by atoms with Crippen LogP contribution in [0.2, 0.25) is 5.02 Å². The number of hydrogen-bond acceptors (Lipinski definition) is 4. The van der Waals surface area contributed by atoms with Gasteiger partial charge in [-0.3, -0.25) is 0 Å². The van der Waals surface area contributed by atoms with Crippen LogP contribution in [0.5, 0.6) is 5.75 Å². The third-order valence-electron chi connectivity index (χ3n) is 2.17. The van der Waals surface area contributed by atoms with Crippen molar-refractivity contribution < 1.29 is 4.74 Å². The highest BCUT2D eigenvalue weighted by Gasteiger charge is 2.05. The maximum atomic E-state index is 6.05. The molecule has 0 bridgehead atoms. The summed E-state index contributed by atoms with van der Waals surface area (Å²) in [5, 5.41) is 14.2. The molecule has 0 saturated heterocycles. The number of benzene rings is 1. The molecule has 0 atom stereocenters. The maximum Gasteiger partial charge on any atom is 0.211 e. The Bertz CT molecular complexity index is 461. The summed E-state index contributed by atoms with van der Waals surface area (Å²) >= 11 is 6.05. The highest BCUT2D eigenvalue weighted by molar-refractivity contribution is 6.32. The van der Waals surface area contributed by atoms with Crippen LogP contribution in [0, 0.1) is 13.8 Å². The Morgan fingerprint density at radius 3 is 2.56 bits per heavy atom. The van der Waals surface area contributed by atoms with Crippen LogP contribution in [0.25, 0.3) is 0 Å². The summed E-state index contributed by atoms with van der Waals surface area (Å²) in [7, 11) is 0. The third kappa shape index (κ3) is 2.30. The molecule has 1 heterocycles. The number of tetrazole rings is 1. The Balaban J connectivity index is 2.10. The molecule has 0 aliphatic rings. The van der Waals surface area contributed by atoms with Crippen LogP contribution >= 0.6 is 11.6 Å². The molecule has 0 spiro atoms. The lowest BCUT2D eigenvalue weighted by Gasteiger charge is -2.08. The predicted molar refractivity (Wildman–Crippen MR) is 59.4 cm³/mol. The first kappa shape index (κ1) is 10.9. The van der Waals surface area contributed by atoms with Crippen molar-refractivity contribution in [1.82, 2.24) is 20.6 Å². The molecular weight excluding hydrogens is 228 g/mol. The molecule has 0 amide bonds. The van der Waals surface area contributed by atoms with E-state index in [0.717, 1.165) is 21.9 Å². The van der Waals surface area contributed by atoms with Crippen molar-refractivity contribution in [3.63, 3.8) is 0 Å². The molecule has 16 heavy (non-hydrogen) atoms. The monoisotopic (exact) mass is 238 g/mol. The lowest BCUT2D eigenvalue weighted by Crippen LogP contribution is -1.98. The van der Waals surface area contributed by atoms with Gasteiger partial charge in [-0.15, -0.1) is 10.2 Å². The number of aromatic nitrogens is 4. The van der Waals surface area contributed by atoms with Crippen molar-refractivity contribution in [2.75, 3.05) is 0 Å². The van der Waals surface area contributed by atoms with Gasteiger partial charge in [-0.2, -0.15) is 5.21 Å². The topological polar surface area (TPSA) is 63.7 Å². The van der Waals surface area contributed by atoms with Gasteiger partial charge in [0.25, 0.3) is 0 Å². The number of nitrogens with one attached hydrogen (secondary N) is 1. The number of ether oxygens (including phenoxy) is 1. The fourth-order valence-corrected chi connectivity index (χ4v) is 1.49. The van der Waals surface area contributed by atoms with Crippen molar-refractivity contribution in [3.8, 4) is 5.75 Å². The van der Waals surface area contributed by atoms with Crippen LogP contribution in [-0.2, 0) is 6.61 Å². The summed E-state index contributed by atoms with van der Waals surface area (Å²) in [4.78, 5) is 0. The summed E-state index contributed by atoms with van der Waals surface area (Å²) in [5.41, 5.74) is 1.98. The molecule has 6 heteroatoms. The molecule has 0 aliphatic heterocycles. The van der Waals surface area contributed by atoms with Gasteiger partial charge in [0.1, 0.15) is 5.75 Å². The van der Waals surface area contributed by atoms with E-state index in [2.05, 4.69) is 20.6 Å². The lowest BCUT2D eigenvalue weighted by atomic mass is 10.1. The zero-order valence-corrected chi connectivity index (χ0v) is 9.75. The minimum Gasteiger partial charge on any atom is -0.485 e.